The van der Waals surface area contributed by atoms with Gasteiger partial charge in [-0.1, -0.05) is 13.8 Å². The Morgan fingerprint density at radius 3 is 2.14 bits per heavy atom. The largest absolute Gasteiger partial charge is 0.480 e. The Kier molecular flexibility index (Phi) is 8.27. The number of piperidine rings is 1. The van der Waals surface area contributed by atoms with Crippen molar-refractivity contribution in [2.45, 2.75) is 77.1 Å². The molecule has 168 valence electrons. The van der Waals surface area contributed by atoms with Crippen LogP contribution in [0.25, 0.3) is 0 Å². The number of carbonyl (C=O) groups is 3. The van der Waals surface area contributed by atoms with Crippen molar-refractivity contribution in [1.29, 1.82) is 0 Å². The van der Waals surface area contributed by atoms with Crippen LogP contribution in [0.5, 0.6) is 0 Å². The maximum Gasteiger partial charge on any atom is 0.408 e. The van der Waals surface area contributed by atoms with Gasteiger partial charge in [-0.05, 0) is 52.4 Å². The van der Waals surface area contributed by atoms with Crippen LogP contribution in [0.15, 0.2) is 0 Å². The number of carboxylic acid groups (broad SMARTS) is 1. The van der Waals surface area contributed by atoms with Crippen molar-refractivity contribution in [3.63, 3.8) is 0 Å². The van der Waals surface area contributed by atoms with Crippen LogP contribution in [0.2, 0.25) is 0 Å². The number of hydrogen-bond acceptors (Lipinski definition) is 5. The SMILES string of the molecule is CCC(CC)(C1CCN(C(=O)CNC(=O)OC(C)(C)C)C(C(=O)O)C1)P(=O)(O)O. The molecule has 1 aliphatic rings. The summed E-state index contributed by atoms with van der Waals surface area (Å²) in [5.41, 5.74) is -0.735. The third-order valence-corrected chi connectivity index (χ3v) is 7.71. The number of likely N-dealkylation sites (tertiary alicyclic amines) is 1. The van der Waals surface area contributed by atoms with E-state index in [0.29, 0.717) is 0 Å². The van der Waals surface area contributed by atoms with E-state index < -0.39 is 54.8 Å². The Morgan fingerprint density at radius 1 is 1.17 bits per heavy atom. The monoisotopic (exact) mass is 436 g/mol. The summed E-state index contributed by atoms with van der Waals surface area (Å²) < 4.78 is 17.3. The molecule has 0 aliphatic carbocycles. The second kappa shape index (κ2) is 9.45. The van der Waals surface area contributed by atoms with Crippen LogP contribution in [0.3, 0.4) is 0 Å². The quantitative estimate of drug-likeness (QED) is 0.442. The summed E-state index contributed by atoms with van der Waals surface area (Å²) in [6.45, 7) is 8.01. The Balaban J connectivity index is 2.92. The molecule has 0 aromatic heterocycles. The minimum atomic E-state index is -4.49. The molecular formula is C18H33N2O8P. The zero-order valence-electron chi connectivity index (χ0n) is 17.7. The van der Waals surface area contributed by atoms with E-state index in [1.54, 1.807) is 34.6 Å². The van der Waals surface area contributed by atoms with Gasteiger partial charge >= 0.3 is 19.7 Å². The minimum absolute atomic E-state index is 0.0399. The number of nitrogens with zero attached hydrogens (tertiary/aromatic N) is 1. The molecule has 2 unspecified atom stereocenters. The van der Waals surface area contributed by atoms with Gasteiger partial charge in [0.1, 0.15) is 18.2 Å². The number of hydrogen-bond donors (Lipinski definition) is 4. The molecule has 0 aromatic carbocycles. The van der Waals surface area contributed by atoms with E-state index in [1.165, 1.54) is 0 Å². The highest BCUT2D eigenvalue weighted by molar-refractivity contribution is 7.53. The number of carboxylic acids is 1. The molecule has 1 fully saturated rings. The summed E-state index contributed by atoms with van der Waals surface area (Å²) in [5, 5.41) is 10.6. The van der Waals surface area contributed by atoms with Gasteiger partial charge in [-0.15, -0.1) is 0 Å². The molecule has 0 saturated carbocycles. The van der Waals surface area contributed by atoms with Gasteiger partial charge in [-0.3, -0.25) is 9.36 Å². The van der Waals surface area contributed by atoms with Gasteiger partial charge < -0.3 is 29.8 Å². The molecule has 2 atom stereocenters. The van der Waals surface area contributed by atoms with Gasteiger partial charge in [0.25, 0.3) is 0 Å². The topological polar surface area (TPSA) is 153 Å². The number of ether oxygens (including phenoxy) is 1. The average molecular weight is 436 g/mol. The molecule has 29 heavy (non-hydrogen) atoms. The maximum absolute atomic E-state index is 12.5. The smallest absolute Gasteiger partial charge is 0.408 e. The Labute approximate surface area is 171 Å². The van der Waals surface area contributed by atoms with Crippen LogP contribution < -0.4 is 5.32 Å². The Hall–Kier alpha value is -1.64. The highest BCUT2D eigenvalue weighted by atomic mass is 31.2. The fraction of sp³-hybridized carbons (Fsp3) is 0.833. The lowest BCUT2D eigenvalue weighted by molar-refractivity contribution is -0.153. The first-order chi connectivity index (χ1) is 13.2. The molecule has 0 bridgehead atoms. The number of carbonyl (C=O) groups excluding carboxylic acids is 2. The molecule has 0 aromatic rings. The van der Waals surface area contributed by atoms with Gasteiger partial charge in [-0.2, -0.15) is 0 Å². The summed E-state index contributed by atoms with van der Waals surface area (Å²) in [4.78, 5) is 57.1. The molecular weight excluding hydrogens is 403 g/mol. The van der Waals surface area contributed by atoms with Crippen molar-refractivity contribution in [1.82, 2.24) is 10.2 Å². The van der Waals surface area contributed by atoms with Crippen molar-refractivity contribution < 1.29 is 38.6 Å². The highest BCUT2D eigenvalue weighted by Crippen LogP contribution is 2.60. The molecule has 4 N–H and O–H groups in total. The third kappa shape index (κ3) is 6.17. The van der Waals surface area contributed by atoms with Gasteiger partial charge in [0.2, 0.25) is 5.91 Å². The summed E-state index contributed by atoms with van der Waals surface area (Å²) in [7, 11) is -4.49. The lowest BCUT2D eigenvalue weighted by atomic mass is 9.77. The molecule has 2 amide bonds. The molecule has 10 nitrogen and oxygen atoms in total. The van der Waals surface area contributed by atoms with Gasteiger partial charge in [0.05, 0.1) is 5.16 Å². The lowest BCUT2D eigenvalue weighted by Crippen LogP contribution is -2.56. The number of nitrogens with one attached hydrogen (secondary N) is 1. The molecule has 0 spiro atoms. The van der Waals surface area contributed by atoms with Crippen LogP contribution in [0, 0.1) is 5.92 Å². The molecule has 1 aliphatic heterocycles. The summed E-state index contributed by atoms with van der Waals surface area (Å²) in [6.07, 6.45) is -0.155. The highest BCUT2D eigenvalue weighted by Gasteiger charge is 2.53. The number of aliphatic carboxylic acids is 1. The summed E-state index contributed by atoms with van der Waals surface area (Å²) in [6, 6.07) is -1.22. The van der Waals surface area contributed by atoms with E-state index in [1.807, 2.05) is 0 Å². The van der Waals surface area contributed by atoms with E-state index in [9.17, 15) is 33.8 Å². The van der Waals surface area contributed by atoms with Gasteiger partial charge in [-0.25, -0.2) is 9.59 Å². The molecule has 0 radical (unpaired) electrons. The predicted molar refractivity (Wildman–Crippen MR) is 105 cm³/mol. The summed E-state index contributed by atoms with van der Waals surface area (Å²) in [5.74, 6) is -2.37. The minimum Gasteiger partial charge on any atom is -0.480 e. The lowest BCUT2D eigenvalue weighted by Gasteiger charge is -2.46. The van der Waals surface area contributed by atoms with Crippen molar-refractivity contribution in [2.75, 3.05) is 13.1 Å². The van der Waals surface area contributed by atoms with Crippen molar-refractivity contribution in [3.05, 3.63) is 0 Å². The van der Waals surface area contributed by atoms with Crippen LogP contribution in [0.4, 0.5) is 4.79 Å². The van der Waals surface area contributed by atoms with Gasteiger partial charge in [0, 0.05) is 6.54 Å². The molecule has 11 heteroatoms. The zero-order valence-corrected chi connectivity index (χ0v) is 18.6. The fourth-order valence-corrected chi connectivity index (χ4v) is 5.56. The molecule has 1 rings (SSSR count). The summed E-state index contributed by atoms with van der Waals surface area (Å²) >= 11 is 0. The Bertz CT molecular complexity index is 665. The predicted octanol–water partition coefficient (Wildman–Crippen LogP) is 1.94. The first kappa shape index (κ1) is 25.4. The van der Waals surface area contributed by atoms with Gasteiger partial charge in [0.15, 0.2) is 0 Å². The second-order valence-electron chi connectivity index (χ2n) is 8.37. The Morgan fingerprint density at radius 2 is 1.72 bits per heavy atom. The number of alkyl carbamates (subject to hydrolysis) is 1. The van der Waals surface area contributed by atoms with E-state index in [2.05, 4.69) is 5.32 Å². The van der Waals surface area contributed by atoms with Crippen molar-refractivity contribution in [2.24, 2.45) is 5.92 Å². The van der Waals surface area contributed by atoms with E-state index in [4.69, 9.17) is 4.74 Å². The zero-order chi connectivity index (χ0) is 22.6. The van der Waals surface area contributed by atoms with E-state index in [-0.39, 0.29) is 32.2 Å². The number of rotatable bonds is 7. The average Bonchev–Trinajstić information content (AvgIpc) is 2.58. The normalized spacial score (nSPS) is 20.9. The first-order valence-electron chi connectivity index (χ1n) is 9.73. The third-order valence-electron chi connectivity index (χ3n) is 5.56. The van der Waals surface area contributed by atoms with Crippen molar-refractivity contribution >= 4 is 25.6 Å². The fourth-order valence-electron chi connectivity index (χ4n) is 4.03. The molecule has 1 saturated heterocycles. The standard InChI is InChI=1S/C18H33N2O8P/c1-6-18(7-2,29(25,26)27)12-8-9-20(13(10-12)15(22)23)14(21)11-19-16(24)28-17(3,4)5/h12-13H,6-11H2,1-5H3,(H,19,24)(H,22,23)(H2,25,26,27). The van der Waals surface area contributed by atoms with Crippen LogP contribution >= 0.6 is 7.60 Å². The van der Waals surface area contributed by atoms with E-state index in [0.717, 1.165) is 4.90 Å². The van der Waals surface area contributed by atoms with Crippen LogP contribution in [-0.2, 0) is 18.9 Å². The van der Waals surface area contributed by atoms with Crippen LogP contribution in [0.1, 0.15) is 60.3 Å². The van der Waals surface area contributed by atoms with Crippen LogP contribution in [-0.4, -0.2) is 67.7 Å². The van der Waals surface area contributed by atoms with E-state index >= 15 is 0 Å². The molecule has 1 heterocycles. The number of amides is 2. The maximum atomic E-state index is 12.5. The first-order valence-corrected chi connectivity index (χ1v) is 11.3. The van der Waals surface area contributed by atoms with Crippen molar-refractivity contribution in [3.8, 4) is 0 Å². The second-order valence-corrected chi connectivity index (χ2v) is 10.4.